The number of halogens is 2. The van der Waals surface area contributed by atoms with Crippen molar-refractivity contribution in [3.05, 3.63) is 29.8 Å². The summed E-state index contributed by atoms with van der Waals surface area (Å²) in [5.74, 6) is -1.57. The topological polar surface area (TPSA) is 26.3 Å². The number of esters is 1. The highest BCUT2D eigenvalue weighted by Crippen LogP contribution is 2.33. The minimum absolute atomic E-state index is 0.0792. The third-order valence-corrected chi connectivity index (χ3v) is 4.76. The first-order valence-electron chi connectivity index (χ1n) is 8.77. The fourth-order valence-electron chi connectivity index (χ4n) is 3.29. The maximum atomic E-state index is 13.1. The van der Waals surface area contributed by atoms with Gasteiger partial charge in [0.05, 0.1) is 5.92 Å². The van der Waals surface area contributed by atoms with Crippen LogP contribution >= 0.6 is 0 Å². The Hall–Kier alpha value is -1.45. The number of ether oxygens (including phenoxy) is 1. The SMILES string of the molecule is CCCCCCC1CCC(C(=O)Oc2ccc(F)c(F)c2)CC1. The summed E-state index contributed by atoms with van der Waals surface area (Å²) in [5.41, 5.74) is 0. The fourth-order valence-corrected chi connectivity index (χ4v) is 3.29. The van der Waals surface area contributed by atoms with Gasteiger partial charge in [0.1, 0.15) is 5.75 Å². The molecule has 0 spiro atoms. The lowest BCUT2D eigenvalue weighted by atomic mass is 9.80. The molecule has 2 nitrogen and oxygen atoms in total. The van der Waals surface area contributed by atoms with Gasteiger partial charge in [-0.15, -0.1) is 0 Å². The zero-order valence-corrected chi connectivity index (χ0v) is 13.8. The van der Waals surface area contributed by atoms with Gasteiger partial charge in [-0.25, -0.2) is 8.78 Å². The summed E-state index contributed by atoms with van der Waals surface area (Å²) in [7, 11) is 0. The zero-order valence-electron chi connectivity index (χ0n) is 13.8. The van der Waals surface area contributed by atoms with Gasteiger partial charge in [-0.2, -0.15) is 0 Å². The van der Waals surface area contributed by atoms with E-state index in [0.717, 1.165) is 43.7 Å². The minimum atomic E-state index is -0.994. The molecule has 0 heterocycles. The molecule has 0 amide bonds. The summed E-state index contributed by atoms with van der Waals surface area (Å²) in [5, 5.41) is 0. The van der Waals surface area contributed by atoms with Crippen LogP contribution in [0.1, 0.15) is 64.7 Å². The lowest BCUT2D eigenvalue weighted by Gasteiger charge is -2.27. The summed E-state index contributed by atoms with van der Waals surface area (Å²) < 4.78 is 31.2. The summed E-state index contributed by atoms with van der Waals surface area (Å²) in [4.78, 5) is 12.1. The van der Waals surface area contributed by atoms with E-state index < -0.39 is 11.6 Å². The molecule has 4 heteroatoms. The van der Waals surface area contributed by atoms with Crippen LogP contribution in [0.2, 0.25) is 0 Å². The van der Waals surface area contributed by atoms with Gasteiger partial charge >= 0.3 is 5.97 Å². The predicted octanol–water partition coefficient (Wildman–Crippen LogP) is 5.65. The molecule has 128 valence electrons. The van der Waals surface area contributed by atoms with Crippen molar-refractivity contribution in [2.75, 3.05) is 0 Å². The van der Waals surface area contributed by atoms with Crippen LogP contribution in [-0.2, 0) is 4.79 Å². The van der Waals surface area contributed by atoms with E-state index in [-0.39, 0.29) is 17.6 Å². The van der Waals surface area contributed by atoms with Crippen molar-refractivity contribution in [2.24, 2.45) is 11.8 Å². The van der Waals surface area contributed by atoms with Crippen LogP contribution in [0.4, 0.5) is 8.78 Å². The Kier molecular flexibility index (Phi) is 7.00. The summed E-state index contributed by atoms with van der Waals surface area (Å²) in [6.07, 6.45) is 10.2. The molecule has 0 aromatic heterocycles. The highest BCUT2D eigenvalue weighted by molar-refractivity contribution is 5.75. The number of hydrogen-bond acceptors (Lipinski definition) is 2. The van der Waals surface area contributed by atoms with Crippen LogP contribution in [0.3, 0.4) is 0 Å². The molecule has 1 aliphatic carbocycles. The molecule has 0 unspecified atom stereocenters. The van der Waals surface area contributed by atoms with Crippen molar-refractivity contribution in [3.8, 4) is 5.75 Å². The largest absolute Gasteiger partial charge is 0.426 e. The number of benzene rings is 1. The molecule has 0 atom stereocenters. The number of carbonyl (C=O) groups excluding carboxylic acids is 1. The van der Waals surface area contributed by atoms with Crippen molar-refractivity contribution in [2.45, 2.75) is 64.7 Å². The Morgan fingerprint density at radius 3 is 2.48 bits per heavy atom. The van der Waals surface area contributed by atoms with E-state index in [2.05, 4.69) is 6.92 Å². The lowest BCUT2D eigenvalue weighted by molar-refractivity contribution is -0.140. The minimum Gasteiger partial charge on any atom is -0.426 e. The van der Waals surface area contributed by atoms with Crippen molar-refractivity contribution in [3.63, 3.8) is 0 Å². The fraction of sp³-hybridized carbons (Fsp3) is 0.632. The first-order valence-corrected chi connectivity index (χ1v) is 8.77. The predicted molar refractivity (Wildman–Crippen MR) is 86.2 cm³/mol. The highest BCUT2D eigenvalue weighted by Gasteiger charge is 2.27. The molecule has 2 rings (SSSR count). The van der Waals surface area contributed by atoms with Crippen LogP contribution in [0.25, 0.3) is 0 Å². The Balaban J connectivity index is 1.74. The van der Waals surface area contributed by atoms with E-state index in [1.165, 1.54) is 38.2 Å². The van der Waals surface area contributed by atoms with Gasteiger partial charge in [0.25, 0.3) is 0 Å². The van der Waals surface area contributed by atoms with Crippen molar-refractivity contribution in [1.82, 2.24) is 0 Å². The maximum absolute atomic E-state index is 13.1. The third kappa shape index (κ3) is 5.60. The van der Waals surface area contributed by atoms with E-state index in [0.29, 0.717) is 0 Å². The average molecular weight is 324 g/mol. The monoisotopic (exact) mass is 324 g/mol. The molecule has 1 aromatic rings. The molecule has 1 saturated carbocycles. The summed E-state index contributed by atoms with van der Waals surface area (Å²) >= 11 is 0. The normalized spacial score (nSPS) is 21.2. The lowest BCUT2D eigenvalue weighted by Crippen LogP contribution is -2.25. The van der Waals surface area contributed by atoms with Crippen molar-refractivity contribution >= 4 is 5.97 Å². The Morgan fingerprint density at radius 2 is 1.83 bits per heavy atom. The van der Waals surface area contributed by atoms with Gasteiger partial charge in [0.2, 0.25) is 0 Å². The zero-order chi connectivity index (χ0) is 16.7. The van der Waals surface area contributed by atoms with E-state index >= 15 is 0 Å². The molecule has 0 radical (unpaired) electrons. The molecular formula is C19H26F2O2. The first-order chi connectivity index (χ1) is 11.1. The van der Waals surface area contributed by atoms with E-state index in [4.69, 9.17) is 4.74 Å². The van der Waals surface area contributed by atoms with Gasteiger partial charge in [0, 0.05) is 6.07 Å². The summed E-state index contributed by atoms with van der Waals surface area (Å²) in [6, 6.07) is 3.19. The second kappa shape index (κ2) is 8.99. The van der Waals surface area contributed by atoms with Gasteiger partial charge in [-0.3, -0.25) is 4.79 Å². The molecule has 1 aliphatic rings. The molecule has 23 heavy (non-hydrogen) atoms. The third-order valence-electron chi connectivity index (χ3n) is 4.76. The van der Waals surface area contributed by atoms with E-state index in [9.17, 15) is 13.6 Å². The Morgan fingerprint density at radius 1 is 1.09 bits per heavy atom. The van der Waals surface area contributed by atoms with Gasteiger partial charge in [-0.1, -0.05) is 39.0 Å². The number of hydrogen-bond donors (Lipinski definition) is 0. The second-order valence-electron chi connectivity index (χ2n) is 6.56. The maximum Gasteiger partial charge on any atom is 0.314 e. The highest BCUT2D eigenvalue weighted by atomic mass is 19.2. The van der Waals surface area contributed by atoms with Crippen LogP contribution in [0, 0.1) is 23.5 Å². The van der Waals surface area contributed by atoms with Crippen LogP contribution in [0.15, 0.2) is 18.2 Å². The Labute approximate surface area is 137 Å². The average Bonchev–Trinajstić information content (AvgIpc) is 2.55. The number of carbonyl (C=O) groups is 1. The summed E-state index contributed by atoms with van der Waals surface area (Å²) in [6.45, 7) is 2.21. The second-order valence-corrected chi connectivity index (χ2v) is 6.56. The van der Waals surface area contributed by atoms with Crippen molar-refractivity contribution < 1.29 is 18.3 Å². The van der Waals surface area contributed by atoms with Crippen molar-refractivity contribution in [1.29, 1.82) is 0 Å². The Bertz CT molecular complexity index is 508. The molecule has 1 fully saturated rings. The van der Waals surface area contributed by atoms with E-state index in [1.807, 2.05) is 0 Å². The smallest absolute Gasteiger partial charge is 0.314 e. The van der Waals surface area contributed by atoms with Gasteiger partial charge in [-0.05, 0) is 43.7 Å². The number of unbranched alkanes of at least 4 members (excludes halogenated alkanes) is 3. The van der Waals surface area contributed by atoms with Crippen LogP contribution in [-0.4, -0.2) is 5.97 Å². The standard InChI is InChI=1S/C19H26F2O2/c1-2-3-4-5-6-14-7-9-15(10-8-14)19(22)23-16-11-12-17(20)18(21)13-16/h11-15H,2-10H2,1H3. The molecule has 0 bridgehead atoms. The quantitative estimate of drug-likeness (QED) is 0.368. The number of rotatable bonds is 7. The molecule has 0 saturated heterocycles. The van der Waals surface area contributed by atoms with Gasteiger partial charge < -0.3 is 4.74 Å². The van der Waals surface area contributed by atoms with Gasteiger partial charge in [0.15, 0.2) is 11.6 Å². The van der Waals surface area contributed by atoms with Crippen LogP contribution < -0.4 is 4.74 Å². The first kappa shape index (κ1) is 17.9. The van der Waals surface area contributed by atoms with E-state index in [1.54, 1.807) is 0 Å². The molecule has 0 N–H and O–H groups in total. The molecule has 1 aromatic carbocycles. The molecule has 0 aliphatic heterocycles. The van der Waals surface area contributed by atoms with Crippen LogP contribution in [0.5, 0.6) is 5.75 Å². The molecular weight excluding hydrogens is 298 g/mol.